The Balaban J connectivity index is 1.34. The monoisotopic (exact) mass is 381 g/mol. The van der Waals surface area contributed by atoms with Gasteiger partial charge in [0.05, 0.1) is 17.8 Å². The van der Waals surface area contributed by atoms with Crippen molar-refractivity contribution in [1.29, 1.82) is 0 Å². The number of nitrogens with zero attached hydrogens (tertiary/aromatic N) is 3. The van der Waals surface area contributed by atoms with Crippen molar-refractivity contribution >= 4 is 17.2 Å². The highest BCUT2D eigenvalue weighted by atomic mass is 32.1. The van der Waals surface area contributed by atoms with E-state index in [4.69, 9.17) is 9.40 Å². The summed E-state index contributed by atoms with van der Waals surface area (Å²) < 4.78 is 5.50. The zero-order chi connectivity index (χ0) is 18.8. The molecule has 0 bridgehead atoms. The van der Waals surface area contributed by atoms with Crippen LogP contribution in [0.15, 0.2) is 46.2 Å². The van der Waals surface area contributed by atoms with Crippen LogP contribution in [0.3, 0.4) is 0 Å². The Labute approximate surface area is 163 Å². The van der Waals surface area contributed by atoms with Crippen molar-refractivity contribution in [2.24, 2.45) is 0 Å². The third-order valence-electron chi connectivity index (χ3n) is 4.91. The largest absolute Gasteiger partial charge is 0.466 e. The van der Waals surface area contributed by atoms with E-state index in [9.17, 15) is 4.79 Å². The Morgan fingerprint density at radius 1 is 1.15 bits per heavy atom. The Morgan fingerprint density at radius 3 is 2.56 bits per heavy atom. The molecule has 1 amide bonds. The van der Waals surface area contributed by atoms with Crippen molar-refractivity contribution in [2.45, 2.75) is 20.4 Å². The predicted molar refractivity (Wildman–Crippen MR) is 107 cm³/mol. The first-order chi connectivity index (χ1) is 13.1. The van der Waals surface area contributed by atoms with Gasteiger partial charge in [-0.05, 0) is 19.9 Å². The average molecular weight is 382 g/mol. The molecular weight excluding hydrogens is 358 g/mol. The van der Waals surface area contributed by atoms with Gasteiger partial charge in [-0.2, -0.15) is 0 Å². The molecule has 140 valence electrons. The Hall–Kier alpha value is -2.44. The number of hydrogen-bond acceptors (Lipinski definition) is 5. The molecule has 3 aromatic rings. The van der Waals surface area contributed by atoms with Crippen LogP contribution >= 0.6 is 11.3 Å². The van der Waals surface area contributed by atoms with Gasteiger partial charge in [0.1, 0.15) is 16.5 Å². The first kappa shape index (κ1) is 17.9. The average Bonchev–Trinajstić information content (AvgIpc) is 3.28. The fourth-order valence-corrected chi connectivity index (χ4v) is 4.28. The van der Waals surface area contributed by atoms with Gasteiger partial charge in [-0.15, -0.1) is 11.3 Å². The molecule has 0 unspecified atom stereocenters. The summed E-state index contributed by atoms with van der Waals surface area (Å²) in [6, 6.07) is 12.1. The first-order valence-electron chi connectivity index (χ1n) is 9.18. The molecule has 6 heteroatoms. The zero-order valence-electron chi connectivity index (χ0n) is 15.6. The quantitative estimate of drug-likeness (QED) is 0.686. The molecule has 0 atom stereocenters. The van der Waals surface area contributed by atoms with Crippen LogP contribution in [-0.4, -0.2) is 46.9 Å². The fourth-order valence-electron chi connectivity index (χ4n) is 3.44. The Morgan fingerprint density at radius 2 is 1.89 bits per heavy atom. The first-order valence-corrected chi connectivity index (χ1v) is 10.1. The molecule has 0 spiro atoms. The van der Waals surface area contributed by atoms with E-state index in [1.54, 1.807) is 11.3 Å². The van der Waals surface area contributed by atoms with E-state index in [1.165, 1.54) is 0 Å². The summed E-state index contributed by atoms with van der Waals surface area (Å²) in [6.07, 6.45) is 0. The molecule has 1 aliphatic rings. The molecule has 1 aliphatic heterocycles. The number of rotatable bonds is 4. The van der Waals surface area contributed by atoms with Gasteiger partial charge in [-0.1, -0.05) is 30.3 Å². The number of carbonyl (C=O) groups is 1. The molecule has 3 heterocycles. The van der Waals surface area contributed by atoms with E-state index in [2.05, 4.69) is 22.4 Å². The van der Waals surface area contributed by atoms with Gasteiger partial charge in [0, 0.05) is 37.1 Å². The highest BCUT2D eigenvalue weighted by Gasteiger charge is 2.25. The van der Waals surface area contributed by atoms with Crippen molar-refractivity contribution < 1.29 is 9.21 Å². The van der Waals surface area contributed by atoms with E-state index in [-0.39, 0.29) is 5.91 Å². The van der Waals surface area contributed by atoms with Gasteiger partial charge in [0.2, 0.25) is 0 Å². The minimum Gasteiger partial charge on any atom is -0.466 e. The van der Waals surface area contributed by atoms with Gasteiger partial charge in [-0.25, -0.2) is 4.98 Å². The number of aromatic nitrogens is 1. The Kier molecular flexibility index (Phi) is 5.09. The standard InChI is InChI=1S/C21H23N3O2S/c1-15-12-18(16(2)26-15)21(25)24-10-8-23(9-11-24)13-20-22-19(14-27-20)17-6-4-3-5-7-17/h3-7,12,14H,8-11,13H2,1-2H3. The lowest BCUT2D eigenvalue weighted by molar-refractivity contribution is 0.0626. The number of carbonyl (C=O) groups excluding carboxylic acids is 1. The summed E-state index contributed by atoms with van der Waals surface area (Å²) in [5.41, 5.74) is 2.88. The van der Waals surface area contributed by atoms with Crippen molar-refractivity contribution in [3.8, 4) is 11.3 Å². The number of furan rings is 1. The molecule has 0 aliphatic carbocycles. The normalized spacial score (nSPS) is 15.3. The second-order valence-electron chi connectivity index (χ2n) is 6.89. The summed E-state index contributed by atoms with van der Waals surface area (Å²) in [5, 5.41) is 3.24. The van der Waals surface area contributed by atoms with Gasteiger partial charge in [-0.3, -0.25) is 9.69 Å². The summed E-state index contributed by atoms with van der Waals surface area (Å²) in [7, 11) is 0. The smallest absolute Gasteiger partial charge is 0.257 e. The Bertz CT molecular complexity index is 924. The highest BCUT2D eigenvalue weighted by molar-refractivity contribution is 7.09. The van der Waals surface area contributed by atoms with Crippen LogP contribution in [-0.2, 0) is 6.54 Å². The second kappa shape index (κ2) is 7.66. The maximum absolute atomic E-state index is 12.7. The predicted octanol–water partition coefficient (Wildman–Crippen LogP) is 3.98. The third kappa shape index (κ3) is 3.96. The number of piperazine rings is 1. The molecule has 0 saturated carbocycles. The third-order valence-corrected chi connectivity index (χ3v) is 5.74. The number of amides is 1. The maximum Gasteiger partial charge on any atom is 0.257 e. The molecule has 1 fully saturated rings. The van der Waals surface area contributed by atoms with Crippen LogP contribution in [0.2, 0.25) is 0 Å². The molecular formula is C21H23N3O2S. The molecule has 1 saturated heterocycles. The SMILES string of the molecule is Cc1cc(C(=O)N2CCN(Cc3nc(-c4ccccc4)cs3)CC2)c(C)o1. The topological polar surface area (TPSA) is 49.6 Å². The van der Waals surface area contributed by atoms with E-state index in [0.29, 0.717) is 11.3 Å². The van der Waals surface area contributed by atoms with Crippen molar-refractivity contribution in [3.05, 3.63) is 63.9 Å². The van der Waals surface area contributed by atoms with E-state index in [0.717, 1.165) is 54.7 Å². The van der Waals surface area contributed by atoms with E-state index < -0.39 is 0 Å². The number of hydrogen-bond donors (Lipinski definition) is 0. The molecule has 0 N–H and O–H groups in total. The van der Waals surface area contributed by atoms with Gasteiger partial charge < -0.3 is 9.32 Å². The summed E-state index contributed by atoms with van der Waals surface area (Å²) in [5.74, 6) is 1.56. The lowest BCUT2D eigenvalue weighted by Gasteiger charge is -2.34. The number of aryl methyl sites for hydroxylation is 2. The minimum atomic E-state index is 0.0737. The lowest BCUT2D eigenvalue weighted by atomic mass is 10.2. The van der Waals surface area contributed by atoms with E-state index in [1.807, 2.05) is 43.0 Å². The molecule has 2 aromatic heterocycles. The van der Waals surface area contributed by atoms with Gasteiger partial charge in [0.25, 0.3) is 5.91 Å². The van der Waals surface area contributed by atoms with Crippen molar-refractivity contribution in [2.75, 3.05) is 26.2 Å². The van der Waals surface area contributed by atoms with Crippen LogP contribution in [0.5, 0.6) is 0 Å². The number of benzene rings is 1. The fraction of sp³-hybridized carbons (Fsp3) is 0.333. The lowest BCUT2D eigenvalue weighted by Crippen LogP contribution is -2.48. The number of thiazole rings is 1. The van der Waals surface area contributed by atoms with Gasteiger partial charge in [0.15, 0.2) is 0 Å². The van der Waals surface area contributed by atoms with Crippen molar-refractivity contribution in [1.82, 2.24) is 14.8 Å². The van der Waals surface area contributed by atoms with Gasteiger partial charge >= 0.3 is 0 Å². The molecule has 4 rings (SSSR count). The minimum absolute atomic E-state index is 0.0737. The van der Waals surface area contributed by atoms with Crippen LogP contribution in [0.25, 0.3) is 11.3 Å². The maximum atomic E-state index is 12.7. The summed E-state index contributed by atoms with van der Waals surface area (Å²) in [4.78, 5) is 21.8. The molecule has 27 heavy (non-hydrogen) atoms. The van der Waals surface area contributed by atoms with Crippen molar-refractivity contribution in [3.63, 3.8) is 0 Å². The summed E-state index contributed by atoms with van der Waals surface area (Å²) >= 11 is 1.70. The molecule has 1 aromatic carbocycles. The van der Waals surface area contributed by atoms with Crippen LogP contribution in [0.4, 0.5) is 0 Å². The molecule has 0 radical (unpaired) electrons. The summed E-state index contributed by atoms with van der Waals surface area (Å²) in [6.45, 7) is 7.76. The van der Waals surface area contributed by atoms with Crippen LogP contribution in [0.1, 0.15) is 26.9 Å². The highest BCUT2D eigenvalue weighted by Crippen LogP contribution is 2.23. The van der Waals surface area contributed by atoms with Crippen LogP contribution in [0, 0.1) is 13.8 Å². The second-order valence-corrected chi connectivity index (χ2v) is 7.83. The van der Waals surface area contributed by atoms with Crippen LogP contribution < -0.4 is 0 Å². The van der Waals surface area contributed by atoms with E-state index >= 15 is 0 Å². The molecule has 5 nitrogen and oxygen atoms in total. The zero-order valence-corrected chi connectivity index (χ0v) is 16.5.